The summed E-state index contributed by atoms with van der Waals surface area (Å²) in [5, 5.41) is 0. The SMILES string of the molecule is O=C(C1CCN(Cc2ccco2)CC1)N1CCC2(CCCN(CC3CC3)C2)C1. The first-order valence-electron chi connectivity index (χ1n) is 11.5. The lowest BCUT2D eigenvalue weighted by atomic mass is 9.79. The van der Waals surface area contributed by atoms with Gasteiger partial charge in [0.05, 0.1) is 12.8 Å². The average molecular weight is 386 g/mol. The van der Waals surface area contributed by atoms with E-state index in [9.17, 15) is 4.79 Å². The summed E-state index contributed by atoms with van der Waals surface area (Å²) in [6, 6.07) is 3.99. The fourth-order valence-corrected chi connectivity index (χ4v) is 5.81. The second kappa shape index (κ2) is 7.83. The van der Waals surface area contributed by atoms with Crippen LogP contribution in [0.4, 0.5) is 0 Å². The third-order valence-electron chi connectivity index (χ3n) is 7.60. The highest BCUT2D eigenvalue weighted by molar-refractivity contribution is 5.79. The van der Waals surface area contributed by atoms with E-state index in [1.165, 1.54) is 51.7 Å². The van der Waals surface area contributed by atoms with Crippen LogP contribution in [0.3, 0.4) is 0 Å². The second-order valence-corrected chi connectivity index (χ2v) is 9.92. The van der Waals surface area contributed by atoms with Crippen LogP contribution in [0.1, 0.15) is 50.7 Å². The highest BCUT2D eigenvalue weighted by Crippen LogP contribution is 2.41. The molecule has 3 saturated heterocycles. The van der Waals surface area contributed by atoms with Crippen molar-refractivity contribution in [3.8, 4) is 0 Å². The molecule has 1 aromatic rings. The Labute approximate surface area is 169 Å². The van der Waals surface area contributed by atoms with E-state index in [-0.39, 0.29) is 5.92 Å². The Kier molecular flexibility index (Phi) is 5.22. The molecule has 154 valence electrons. The van der Waals surface area contributed by atoms with Crippen molar-refractivity contribution in [2.75, 3.05) is 45.8 Å². The molecular formula is C23H35N3O2. The van der Waals surface area contributed by atoms with Crippen LogP contribution >= 0.6 is 0 Å². The van der Waals surface area contributed by atoms with Gasteiger partial charge in [0, 0.05) is 37.5 Å². The molecule has 4 fully saturated rings. The van der Waals surface area contributed by atoms with Gasteiger partial charge in [-0.2, -0.15) is 0 Å². The summed E-state index contributed by atoms with van der Waals surface area (Å²) in [6.07, 6.45) is 10.5. The van der Waals surface area contributed by atoms with Gasteiger partial charge < -0.3 is 14.2 Å². The molecule has 28 heavy (non-hydrogen) atoms. The Morgan fingerprint density at radius 2 is 1.89 bits per heavy atom. The van der Waals surface area contributed by atoms with Crippen molar-refractivity contribution in [3.63, 3.8) is 0 Å². The van der Waals surface area contributed by atoms with Crippen LogP contribution in [0.2, 0.25) is 0 Å². The fourth-order valence-electron chi connectivity index (χ4n) is 5.81. The summed E-state index contributed by atoms with van der Waals surface area (Å²) in [7, 11) is 0. The molecule has 1 aromatic heterocycles. The summed E-state index contributed by atoms with van der Waals surface area (Å²) in [4.78, 5) is 20.6. The van der Waals surface area contributed by atoms with Crippen molar-refractivity contribution >= 4 is 5.91 Å². The second-order valence-electron chi connectivity index (χ2n) is 9.92. The lowest BCUT2D eigenvalue weighted by Gasteiger charge is -2.41. The molecule has 1 amide bonds. The summed E-state index contributed by atoms with van der Waals surface area (Å²) < 4.78 is 5.47. The molecule has 0 aromatic carbocycles. The Hall–Kier alpha value is -1.33. The van der Waals surface area contributed by atoms with Gasteiger partial charge >= 0.3 is 0 Å². The topological polar surface area (TPSA) is 39.9 Å². The van der Waals surface area contributed by atoms with Crippen molar-refractivity contribution in [3.05, 3.63) is 24.2 Å². The molecule has 0 bridgehead atoms. The molecule has 1 unspecified atom stereocenters. The minimum atomic E-state index is 0.231. The normalized spacial score (nSPS) is 30.4. The summed E-state index contributed by atoms with van der Waals surface area (Å²) in [5.41, 5.74) is 0.392. The van der Waals surface area contributed by atoms with Crippen LogP contribution in [-0.4, -0.2) is 66.4 Å². The Bertz CT molecular complexity index is 663. The van der Waals surface area contributed by atoms with Gasteiger partial charge in [0.25, 0.3) is 0 Å². The Morgan fingerprint density at radius 3 is 2.64 bits per heavy atom. The first kappa shape index (κ1) is 18.7. The lowest BCUT2D eigenvalue weighted by Crippen LogP contribution is -2.47. The molecular weight excluding hydrogens is 350 g/mol. The number of carbonyl (C=O) groups is 1. The number of hydrogen-bond donors (Lipinski definition) is 0. The number of carbonyl (C=O) groups excluding carboxylic acids is 1. The van der Waals surface area contributed by atoms with Crippen LogP contribution in [0.5, 0.6) is 0 Å². The third-order valence-corrected chi connectivity index (χ3v) is 7.60. The van der Waals surface area contributed by atoms with Gasteiger partial charge in [0.2, 0.25) is 5.91 Å². The van der Waals surface area contributed by atoms with Crippen LogP contribution in [-0.2, 0) is 11.3 Å². The van der Waals surface area contributed by atoms with Gasteiger partial charge in [-0.15, -0.1) is 0 Å². The first-order chi connectivity index (χ1) is 13.7. The molecule has 0 radical (unpaired) electrons. The van der Waals surface area contributed by atoms with Crippen LogP contribution in [0, 0.1) is 17.3 Å². The summed E-state index contributed by atoms with van der Waals surface area (Å²) in [6.45, 7) is 8.70. The van der Waals surface area contributed by atoms with Gasteiger partial charge in [-0.1, -0.05) is 0 Å². The molecule has 4 heterocycles. The number of piperidine rings is 2. The predicted molar refractivity (Wildman–Crippen MR) is 109 cm³/mol. The average Bonchev–Trinajstić information content (AvgIpc) is 3.20. The molecule has 1 saturated carbocycles. The van der Waals surface area contributed by atoms with Crippen molar-refractivity contribution < 1.29 is 9.21 Å². The smallest absolute Gasteiger partial charge is 0.225 e. The number of rotatable bonds is 5. The van der Waals surface area contributed by atoms with E-state index in [2.05, 4.69) is 14.7 Å². The maximum atomic E-state index is 13.2. The van der Waals surface area contributed by atoms with Gasteiger partial charge in [-0.3, -0.25) is 9.69 Å². The van der Waals surface area contributed by atoms with Gasteiger partial charge in [0.15, 0.2) is 0 Å². The number of furan rings is 1. The predicted octanol–water partition coefficient (Wildman–Crippen LogP) is 3.22. The third kappa shape index (κ3) is 4.16. The minimum absolute atomic E-state index is 0.231. The van der Waals surface area contributed by atoms with Crippen LogP contribution in [0.15, 0.2) is 22.8 Å². The maximum absolute atomic E-state index is 13.2. The van der Waals surface area contributed by atoms with E-state index in [0.29, 0.717) is 11.3 Å². The zero-order valence-electron chi connectivity index (χ0n) is 17.2. The standard InChI is InChI=1S/C23H35N3O2/c27-22(20-6-11-24(12-7-20)16-21-3-1-14-28-21)26-13-9-23(18-26)8-2-10-25(17-23)15-19-4-5-19/h1,3,14,19-20H,2,4-13,15-18H2. The Balaban J connectivity index is 1.11. The van der Waals surface area contributed by atoms with Crippen molar-refractivity contribution in [1.82, 2.24) is 14.7 Å². The molecule has 0 N–H and O–H groups in total. The lowest BCUT2D eigenvalue weighted by molar-refractivity contribution is -0.136. The van der Waals surface area contributed by atoms with E-state index in [4.69, 9.17) is 4.42 Å². The zero-order chi connectivity index (χ0) is 19.0. The number of hydrogen-bond acceptors (Lipinski definition) is 4. The molecule has 1 aliphatic carbocycles. The van der Waals surface area contributed by atoms with E-state index in [1.54, 1.807) is 6.26 Å². The van der Waals surface area contributed by atoms with Crippen LogP contribution in [0.25, 0.3) is 0 Å². The van der Waals surface area contributed by atoms with Gasteiger partial charge in [-0.25, -0.2) is 0 Å². The Morgan fingerprint density at radius 1 is 1.04 bits per heavy atom. The van der Waals surface area contributed by atoms with E-state index < -0.39 is 0 Å². The summed E-state index contributed by atoms with van der Waals surface area (Å²) >= 11 is 0. The highest BCUT2D eigenvalue weighted by atomic mass is 16.3. The first-order valence-corrected chi connectivity index (χ1v) is 11.5. The molecule has 1 atom stereocenters. The van der Waals surface area contributed by atoms with Crippen molar-refractivity contribution in [2.24, 2.45) is 17.3 Å². The maximum Gasteiger partial charge on any atom is 0.225 e. The monoisotopic (exact) mass is 385 g/mol. The number of nitrogens with zero attached hydrogens (tertiary/aromatic N) is 3. The zero-order valence-corrected chi connectivity index (χ0v) is 17.2. The number of likely N-dealkylation sites (tertiary alicyclic amines) is 3. The largest absolute Gasteiger partial charge is 0.468 e. The minimum Gasteiger partial charge on any atom is -0.468 e. The molecule has 5 rings (SSSR count). The van der Waals surface area contributed by atoms with E-state index in [0.717, 1.165) is 57.2 Å². The molecule has 1 spiro atoms. The molecule has 4 aliphatic rings. The fraction of sp³-hybridized carbons (Fsp3) is 0.783. The highest BCUT2D eigenvalue weighted by Gasteiger charge is 2.44. The molecule has 5 heteroatoms. The quantitative estimate of drug-likeness (QED) is 0.780. The number of amides is 1. The van der Waals surface area contributed by atoms with Gasteiger partial charge in [0.1, 0.15) is 5.76 Å². The van der Waals surface area contributed by atoms with Crippen molar-refractivity contribution in [2.45, 2.75) is 51.5 Å². The summed E-state index contributed by atoms with van der Waals surface area (Å²) in [5.74, 6) is 2.67. The van der Waals surface area contributed by atoms with Gasteiger partial charge in [-0.05, 0) is 82.6 Å². The van der Waals surface area contributed by atoms with Crippen molar-refractivity contribution in [1.29, 1.82) is 0 Å². The van der Waals surface area contributed by atoms with Crippen LogP contribution < -0.4 is 0 Å². The van der Waals surface area contributed by atoms with E-state index in [1.807, 2.05) is 12.1 Å². The molecule has 3 aliphatic heterocycles. The molecule has 5 nitrogen and oxygen atoms in total. The van der Waals surface area contributed by atoms with E-state index >= 15 is 0 Å².